The van der Waals surface area contributed by atoms with Gasteiger partial charge in [0.05, 0.1) is 36.4 Å². The molecule has 1 heterocycles. The van der Waals surface area contributed by atoms with Crippen molar-refractivity contribution in [2.45, 2.75) is 12.8 Å². The molecular weight excluding hydrogens is 404 g/mol. The Morgan fingerprint density at radius 2 is 1.47 bits per heavy atom. The highest BCUT2D eigenvalue weighted by molar-refractivity contribution is 6.26. The van der Waals surface area contributed by atoms with Gasteiger partial charge in [-0.3, -0.25) is 14.9 Å². The Kier molecular flexibility index (Phi) is 5.87. The van der Waals surface area contributed by atoms with E-state index >= 15 is 0 Å². The van der Waals surface area contributed by atoms with Crippen LogP contribution in [-0.2, 0) is 0 Å². The van der Waals surface area contributed by atoms with Gasteiger partial charge in [-0.05, 0) is 42.5 Å². The van der Waals surface area contributed by atoms with Crippen molar-refractivity contribution in [3.63, 3.8) is 0 Å². The molecule has 2 amide bonds. The lowest BCUT2D eigenvalue weighted by atomic mass is 9.94. The van der Waals surface area contributed by atoms with Crippen molar-refractivity contribution in [1.82, 2.24) is 5.32 Å². The molecule has 0 atom stereocenters. The van der Waals surface area contributed by atoms with Crippen LogP contribution >= 0.6 is 0 Å². The van der Waals surface area contributed by atoms with Crippen LogP contribution in [0.25, 0.3) is 10.8 Å². The summed E-state index contributed by atoms with van der Waals surface area (Å²) in [6.45, 7) is 1.10. The van der Waals surface area contributed by atoms with E-state index in [0.717, 1.165) is 5.69 Å². The van der Waals surface area contributed by atoms with Crippen molar-refractivity contribution in [2.75, 3.05) is 18.0 Å². The number of amides is 2. The van der Waals surface area contributed by atoms with Crippen LogP contribution in [0.4, 0.5) is 17.1 Å². The van der Waals surface area contributed by atoms with Crippen LogP contribution in [0.2, 0.25) is 0 Å². The first-order valence-corrected chi connectivity index (χ1v) is 10.0. The van der Waals surface area contributed by atoms with Crippen LogP contribution in [0.3, 0.4) is 0 Å². The summed E-state index contributed by atoms with van der Waals surface area (Å²) in [7, 11) is 0. The Balaban J connectivity index is 1.61. The van der Waals surface area contributed by atoms with Gasteiger partial charge in [0.1, 0.15) is 0 Å². The van der Waals surface area contributed by atoms with Gasteiger partial charge in [-0.2, -0.15) is 15.6 Å². The van der Waals surface area contributed by atoms with E-state index in [0.29, 0.717) is 59.2 Å². The van der Waals surface area contributed by atoms with Crippen LogP contribution in [0.5, 0.6) is 0 Å². The highest BCUT2D eigenvalue weighted by Crippen LogP contribution is 2.34. The summed E-state index contributed by atoms with van der Waals surface area (Å²) in [6.07, 6.45) is 0.747. The van der Waals surface area contributed by atoms with Gasteiger partial charge in [0, 0.05) is 40.7 Å². The highest BCUT2D eigenvalue weighted by atomic mass is 16.2. The van der Waals surface area contributed by atoms with Crippen molar-refractivity contribution < 1.29 is 9.59 Å². The Labute approximate surface area is 184 Å². The molecule has 0 aliphatic carbocycles. The van der Waals surface area contributed by atoms with Crippen molar-refractivity contribution in [3.8, 4) is 12.1 Å². The molecule has 1 aliphatic rings. The molecule has 4 rings (SSSR count). The molecule has 0 fully saturated rings. The number of hydrogen-bond acceptors (Lipinski definition) is 7. The van der Waals surface area contributed by atoms with Crippen molar-refractivity contribution in [3.05, 3.63) is 65.7 Å². The van der Waals surface area contributed by atoms with Gasteiger partial charge < -0.3 is 4.90 Å². The van der Waals surface area contributed by atoms with Gasteiger partial charge in [-0.25, -0.2) is 0 Å². The Morgan fingerprint density at radius 3 is 2.12 bits per heavy atom. The largest absolute Gasteiger partial charge is 0.369 e. The van der Waals surface area contributed by atoms with Crippen LogP contribution in [0.15, 0.2) is 64.8 Å². The Morgan fingerprint density at radius 1 is 0.812 bits per heavy atom. The number of nitriles is 2. The maximum atomic E-state index is 12.2. The number of benzene rings is 3. The van der Waals surface area contributed by atoms with Crippen LogP contribution in [-0.4, -0.2) is 24.9 Å². The minimum atomic E-state index is -0.421. The third kappa shape index (κ3) is 4.03. The minimum absolute atomic E-state index is 0.373. The number of azo groups is 1. The van der Waals surface area contributed by atoms with Gasteiger partial charge in [0.15, 0.2) is 0 Å². The number of anilines is 1. The summed E-state index contributed by atoms with van der Waals surface area (Å²) in [5.41, 5.74) is 2.97. The monoisotopic (exact) mass is 422 g/mol. The topological polar surface area (TPSA) is 122 Å². The zero-order chi connectivity index (χ0) is 22.5. The van der Waals surface area contributed by atoms with Crippen molar-refractivity contribution in [2.24, 2.45) is 10.2 Å². The van der Waals surface area contributed by atoms with E-state index in [1.807, 2.05) is 35.2 Å². The van der Waals surface area contributed by atoms with E-state index in [9.17, 15) is 9.59 Å². The number of hydrogen-bond donors (Lipinski definition) is 1. The molecule has 3 aromatic carbocycles. The number of imide groups is 1. The summed E-state index contributed by atoms with van der Waals surface area (Å²) < 4.78 is 0. The fourth-order valence-electron chi connectivity index (χ4n) is 3.68. The molecule has 3 aromatic rings. The predicted molar refractivity (Wildman–Crippen MR) is 119 cm³/mol. The molecule has 0 spiro atoms. The summed E-state index contributed by atoms with van der Waals surface area (Å²) in [6, 6.07) is 20.2. The van der Waals surface area contributed by atoms with E-state index in [1.165, 1.54) is 0 Å². The number of nitrogens with zero attached hydrogens (tertiary/aromatic N) is 5. The Bertz CT molecular complexity index is 1280. The molecule has 0 radical (unpaired) electrons. The average Bonchev–Trinajstić information content (AvgIpc) is 2.82. The third-order valence-corrected chi connectivity index (χ3v) is 5.21. The molecule has 0 aromatic heterocycles. The maximum absolute atomic E-state index is 12.2. The van der Waals surface area contributed by atoms with Gasteiger partial charge in [0.25, 0.3) is 11.8 Å². The number of rotatable bonds is 7. The summed E-state index contributed by atoms with van der Waals surface area (Å²) in [4.78, 5) is 26.3. The molecule has 8 nitrogen and oxygen atoms in total. The SMILES string of the molecule is N#CCCN(CCC#N)c1ccc(N=Nc2ccc3c4c(cccc24)C(=O)NC3=O)cc1. The van der Waals surface area contributed by atoms with Crippen molar-refractivity contribution in [1.29, 1.82) is 10.5 Å². The van der Waals surface area contributed by atoms with Crippen LogP contribution in [0, 0.1) is 22.7 Å². The second kappa shape index (κ2) is 9.07. The van der Waals surface area contributed by atoms with Crippen LogP contribution in [0.1, 0.15) is 33.6 Å². The normalized spacial score (nSPS) is 12.4. The molecule has 32 heavy (non-hydrogen) atoms. The predicted octanol–water partition coefficient (Wildman–Crippen LogP) is 4.77. The van der Waals surface area contributed by atoms with Crippen LogP contribution < -0.4 is 10.2 Å². The van der Waals surface area contributed by atoms with Gasteiger partial charge in [0.2, 0.25) is 0 Å². The lowest BCUT2D eigenvalue weighted by Crippen LogP contribution is -2.34. The molecule has 0 saturated heterocycles. The summed E-state index contributed by atoms with van der Waals surface area (Å²) in [5, 5.41) is 30.0. The molecule has 1 N–H and O–H groups in total. The highest BCUT2D eigenvalue weighted by Gasteiger charge is 2.25. The zero-order valence-corrected chi connectivity index (χ0v) is 17.1. The fraction of sp³-hybridized carbons (Fsp3) is 0.167. The van der Waals surface area contributed by atoms with E-state index in [-0.39, 0.29) is 0 Å². The minimum Gasteiger partial charge on any atom is -0.369 e. The molecule has 156 valence electrons. The number of carbonyl (C=O) groups excluding carboxylic acids is 2. The maximum Gasteiger partial charge on any atom is 0.258 e. The van der Waals surface area contributed by atoms with Gasteiger partial charge in [-0.15, -0.1) is 5.11 Å². The first kappa shape index (κ1) is 20.7. The van der Waals surface area contributed by atoms with E-state index in [1.54, 1.807) is 24.3 Å². The average molecular weight is 422 g/mol. The smallest absolute Gasteiger partial charge is 0.258 e. The molecule has 0 bridgehead atoms. The summed E-state index contributed by atoms with van der Waals surface area (Å²) >= 11 is 0. The van der Waals surface area contributed by atoms with E-state index in [4.69, 9.17) is 10.5 Å². The number of carbonyl (C=O) groups is 2. The Hall–Kier alpha value is -4.56. The van der Waals surface area contributed by atoms with E-state index < -0.39 is 11.8 Å². The van der Waals surface area contributed by atoms with Gasteiger partial charge >= 0.3 is 0 Å². The lowest BCUT2D eigenvalue weighted by molar-refractivity contribution is 0.0845. The second-order valence-electron chi connectivity index (χ2n) is 7.16. The van der Waals surface area contributed by atoms with Gasteiger partial charge in [-0.1, -0.05) is 12.1 Å². The third-order valence-electron chi connectivity index (χ3n) is 5.21. The standard InChI is InChI=1S/C24H18N6O2/c25-12-2-14-30(15-3-13-26)17-8-6-16(7-9-17)28-29-21-11-10-20-22-18(21)4-1-5-19(22)23(31)27-24(20)32/h1,4-11H,2-3,14-15H2,(H,27,31,32). The molecule has 0 saturated carbocycles. The van der Waals surface area contributed by atoms with E-state index in [2.05, 4.69) is 27.7 Å². The summed E-state index contributed by atoms with van der Waals surface area (Å²) in [5.74, 6) is -0.842. The first-order valence-electron chi connectivity index (χ1n) is 10.0. The molecule has 8 heteroatoms. The lowest BCUT2D eigenvalue weighted by Gasteiger charge is -2.22. The molecular formula is C24H18N6O2. The molecule has 1 aliphatic heterocycles. The van der Waals surface area contributed by atoms with Crippen molar-refractivity contribution >= 4 is 39.6 Å². The zero-order valence-electron chi connectivity index (χ0n) is 17.1. The quantitative estimate of drug-likeness (QED) is 0.434. The number of nitrogens with one attached hydrogen (secondary N) is 1. The first-order chi connectivity index (χ1) is 15.6. The second-order valence-corrected chi connectivity index (χ2v) is 7.16. The fourth-order valence-corrected chi connectivity index (χ4v) is 3.68. The molecule has 0 unspecified atom stereocenters.